The average Bonchev–Trinajstić information content (AvgIpc) is 2.80. The fraction of sp³-hybridized carbons (Fsp3) is 0.280. The minimum atomic E-state index is -2.09. The molecule has 170 valence electrons. The first-order valence-electron chi connectivity index (χ1n) is 10.7. The molecule has 3 rings (SSSR count). The van der Waals surface area contributed by atoms with Gasteiger partial charge in [-0.15, -0.1) is 25.6 Å². The molecule has 0 saturated heterocycles. The van der Waals surface area contributed by atoms with Crippen LogP contribution < -0.4 is 15.9 Å². The third-order valence-corrected chi connectivity index (χ3v) is 30.0. The zero-order valence-electron chi connectivity index (χ0n) is 19.9. The fourth-order valence-corrected chi connectivity index (χ4v) is 34.7. The second kappa shape index (κ2) is 11.0. The maximum atomic E-state index is 7.12. The van der Waals surface area contributed by atoms with Crippen LogP contribution in [0, 0.1) is 0 Å². The molecule has 0 fully saturated rings. The third-order valence-electron chi connectivity index (χ3n) is 5.76. The predicted molar refractivity (Wildman–Crippen MR) is 151 cm³/mol. The molecule has 0 N–H and O–H groups in total. The summed E-state index contributed by atoms with van der Waals surface area (Å²) in [5, 5.41) is 4.21. The van der Waals surface area contributed by atoms with Crippen LogP contribution in [-0.4, -0.2) is 61.9 Å². The number of hydrogen-bond donors (Lipinski definition) is 0. The molecule has 3 nitrogen and oxygen atoms in total. The van der Waals surface area contributed by atoms with Gasteiger partial charge >= 0.3 is 0 Å². The topological polar surface area (TPSA) is 9.72 Å². The molecule has 1 atom stereocenters. The summed E-state index contributed by atoms with van der Waals surface area (Å²) in [5.74, 6) is 0. The Morgan fingerprint density at radius 1 is 0.562 bits per heavy atom. The lowest BCUT2D eigenvalue weighted by atomic mass is 10.4. The van der Waals surface area contributed by atoms with Crippen LogP contribution in [0.1, 0.15) is 0 Å². The standard InChI is InChI=1S/C25H35ClN3P3/c1-27(2)32(28(3)4,29(5)6)30(22-26)31(23-16-10-7-11-17-23,24-18-12-8-13-19-24)25-20-14-9-15-21-25/h7-21H,22H2,1-6H3/q+2. The van der Waals surface area contributed by atoms with Crippen LogP contribution in [0.25, 0.3) is 0 Å². The van der Waals surface area contributed by atoms with E-state index in [0.29, 0.717) is 5.62 Å². The lowest BCUT2D eigenvalue weighted by molar-refractivity contribution is 0.481. The maximum Gasteiger partial charge on any atom is 0.295 e. The summed E-state index contributed by atoms with van der Waals surface area (Å²) in [4.78, 5) is 0. The summed E-state index contributed by atoms with van der Waals surface area (Å²) in [7, 11) is 10.7. The molecule has 3 aromatic rings. The second-order valence-electron chi connectivity index (χ2n) is 8.21. The zero-order chi connectivity index (χ0) is 23.4. The van der Waals surface area contributed by atoms with Crippen LogP contribution in [0.3, 0.4) is 0 Å². The molecule has 1 unspecified atom stereocenters. The highest BCUT2D eigenvalue weighted by Gasteiger charge is 2.71. The van der Waals surface area contributed by atoms with Crippen molar-refractivity contribution in [2.75, 3.05) is 47.9 Å². The van der Waals surface area contributed by atoms with E-state index in [1.165, 1.54) is 15.9 Å². The van der Waals surface area contributed by atoms with E-state index in [1.807, 2.05) is 0 Å². The molecule has 0 heterocycles. The van der Waals surface area contributed by atoms with Gasteiger partial charge in [0, 0.05) is 42.3 Å². The average molecular weight is 506 g/mol. The summed E-state index contributed by atoms with van der Waals surface area (Å²) >= 11 is 7.12. The summed E-state index contributed by atoms with van der Waals surface area (Å²) in [6, 6.07) is 33.4. The second-order valence-corrected chi connectivity index (χ2v) is 23.5. The maximum absolute atomic E-state index is 7.12. The number of benzene rings is 3. The van der Waals surface area contributed by atoms with Crippen molar-refractivity contribution >= 4 is 49.2 Å². The van der Waals surface area contributed by atoms with Crippen LogP contribution in [-0.2, 0) is 0 Å². The Morgan fingerprint density at radius 2 is 0.844 bits per heavy atom. The molecule has 0 bridgehead atoms. The first-order chi connectivity index (χ1) is 15.3. The van der Waals surface area contributed by atoms with Crippen LogP contribution >= 0.6 is 33.3 Å². The third kappa shape index (κ3) is 4.31. The van der Waals surface area contributed by atoms with Crippen molar-refractivity contribution in [3.63, 3.8) is 0 Å². The monoisotopic (exact) mass is 505 g/mol. The number of hydrogen-bond acceptors (Lipinski definition) is 3. The molecular formula is C25H35ClN3P3+2. The lowest BCUT2D eigenvalue weighted by Crippen LogP contribution is -2.39. The minimum Gasteiger partial charge on any atom is -0.150 e. The molecule has 3 aromatic carbocycles. The van der Waals surface area contributed by atoms with Crippen molar-refractivity contribution in [2.45, 2.75) is 0 Å². The summed E-state index contributed by atoms with van der Waals surface area (Å²) in [6.07, 6.45) is 0. The van der Waals surface area contributed by atoms with Crippen molar-refractivity contribution in [1.82, 2.24) is 14.0 Å². The fourth-order valence-electron chi connectivity index (χ4n) is 4.80. The van der Waals surface area contributed by atoms with Gasteiger partial charge in [-0.25, -0.2) is 0 Å². The van der Waals surface area contributed by atoms with Crippen molar-refractivity contribution in [2.24, 2.45) is 0 Å². The van der Waals surface area contributed by atoms with Crippen LogP contribution in [0.4, 0.5) is 0 Å². The zero-order valence-corrected chi connectivity index (χ0v) is 23.4. The SMILES string of the molecule is CN(C)[P+](N(C)C)(N(C)C)P(CCl)[P+](c1ccccc1)(c1ccccc1)c1ccccc1. The number of rotatable bonds is 9. The number of nitrogens with zero attached hydrogens (tertiary/aromatic N) is 3. The van der Waals surface area contributed by atoms with E-state index in [4.69, 9.17) is 11.6 Å². The summed E-state index contributed by atoms with van der Waals surface area (Å²) in [6.45, 7) is -2.09. The van der Waals surface area contributed by atoms with Gasteiger partial charge in [-0.2, -0.15) is 0 Å². The molecule has 0 saturated carbocycles. The Morgan fingerprint density at radius 3 is 1.06 bits per heavy atom. The van der Waals surface area contributed by atoms with Crippen molar-refractivity contribution in [3.8, 4) is 0 Å². The Labute approximate surface area is 201 Å². The molecular weight excluding hydrogens is 471 g/mol. The van der Waals surface area contributed by atoms with Crippen molar-refractivity contribution in [3.05, 3.63) is 91.0 Å². The van der Waals surface area contributed by atoms with E-state index in [0.717, 1.165) is 0 Å². The highest BCUT2D eigenvalue weighted by atomic mass is 35.5. The van der Waals surface area contributed by atoms with Crippen molar-refractivity contribution < 1.29 is 0 Å². The molecule has 0 aromatic heterocycles. The smallest absolute Gasteiger partial charge is 0.150 e. The van der Waals surface area contributed by atoms with Gasteiger partial charge in [0.1, 0.15) is 21.5 Å². The number of alkyl halides is 1. The molecule has 0 aliphatic carbocycles. The molecule has 0 aliphatic rings. The first-order valence-corrected chi connectivity index (χ1v) is 17.6. The normalized spacial score (nSPS) is 13.7. The molecule has 0 amide bonds. The molecule has 32 heavy (non-hydrogen) atoms. The van der Waals surface area contributed by atoms with Gasteiger partial charge in [0.15, 0.2) is 6.95 Å². The van der Waals surface area contributed by atoms with Gasteiger partial charge < -0.3 is 0 Å². The quantitative estimate of drug-likeness (QED) is 0.263. The first kappa shape index (κ1) is 25.7. The van der Waals surface area contributed by atoms with E-state index >= 15 is 0 Å². The Hall–Kier alpha value is -0.880. The van der Waals surface area contributed by atoms with Gasteiger partial charge in [0.2, 0.25) is 0 Å². The molecule has 0 spiro atoms. The van der Waals surface area contributed by atoms with E-state index in [-0.39, 0.29) is 0 Å². The van der Waals surface area contributed by atoms with E-state index in [9.17, 15) is 0 Å². The molecule has 0 radical (unpaired) electrons. The summed E-state index contributed by atoms with van der Waals surface area (Å²) in [5.41, 5.74) is 0.629. The molecule has 7 heteroatoms. The lowest BCUT2D eigenvalue weighted by Gasteiger charge is -2.45. The predicted octanol–water partition coefficient (Wildman–Crippen LogP) is 5.94. The van der Waals surface area contributed by atoms with Gasteiger partial charge in [0.05, 0.1) is 0 Å². The van der Waals surface area contributed by atoms with Crippen molar-refractivity contribution in [1.29, 1.82) is 0 Å². The van der Waals surface area contributed by atoms with Gasteiger partial charge in [-0.1, -0.05) is 54.6 Å². The Bertz CT molecular complexity index is 851. The van der Waals surface area contributed by atoms with Crippen LogP contribution in [0.15, 0.2) is 91.0 Å². The minimum absolute atomic E-state index is 0.629. The Balaban J connectivity index is 2.53. The number of halogens is 1. The van der Waals surface area contributed by atoms with Gasteiger partial charge in [0.25, 0.3) is 14.7 Å². The Kier molecular flexibility index (Phi) is 8.87. The molecule has 0 aliphatic heterocycles. The highest BCUT2D eigenvalue weighted by molar-refractivity contribution is 8.73. The van der Waals surface area contributed by atoms with Crippen LogP contribution in [0.2, 0.25) is 0 Å². The van der Waals surface area contributed by atoms with Gasteiger partial charge in [-0.05, 0) is 36.4 Å². The van der Waals surface area contributed by atoms with E-state index < -0.39 is 21.7 Å². The van der Waals surface area contributed by atoms with E-state index in [1.54, 1.807) is 0 Å². The van der Waals surface area contributed by atoms with Crippen LogP contribution in [0.5, 0.6) is 0 Å². The summed E-state index contributed by atoms with van der Waals surface area (Å²) < 4.78 is 7.39. The van der Waals surface area contributed by atoms with Gasteiger partial charge in [-0.3, -0.25) is 0 Å². The van der Waals surface area contributed by atoms with E-state index in [2.05, 4.69) is 147 Å². The largest absolute Gasteiger partial charge is 0.295 e. The highest BCUT2D eigenvalue weighted by Crippen LogP contribution is 3.03.